The Morgan fingerprint density at radius 1 is 1.43 bits per heavy atom. The molecule has 2 unspecified atom stereocenters. The van der Waals surface area contributed by atoms with Crippen molar-refractivity contribution in [2.24, 2.45) is 5.73 Å². The number of nitrogens with two attached hydrogens (primary N) is 1. The molecule has 114 valence electrons. The van der Waals surface area contributed by atoms with Crippen LogP contribution >= 0.6 is 0 Å². The predicted molar refractivity (Wildman–Crippen MR) is 73.9 cm³/mol. The second-order valence-corrected chi connectivity index (χ2v) is 5.11. The van der Waals surface area contributed by atoms with Crippen molar-refractivity contribution in [3.63, 3.8) is 0 Å². The van der Waals surface area contributed by atoms with Crippen LogP contribution in [0, 0.1) is 15.9 Å². The van der Waals surface area contributed by atoms with Gasteiger partial charge in [0, 0.05) is 24.2 Å². The molecule has 0 saturated heterocycles. The van der Waals surface area contributed by atoms with Crippen LogP contribution in [-0.2, 0) is 0 Å². The number of carbonyl (C=O) groups is 1. The van der Waals surface area contributed by atoms with Crippen LogP contribution in [0.4, 0.5) is 15.8 Å². The molecule has 2 rings (SSSR count). The van der Waals surface area contributed by atoms with E-state index in [4.69, 9.17) is 10.8 Å². The maximum atomic E-state index is 13.7. The molecule has 4 N–H and O–H groups in total. The minimum absolute atomic E-state index is 0.0372. The smallest absolute Gasteiger partial charge is 0.338 e. The Morgan fingerprint density at radius 3 is 2.67 bits per heavy atom. The molecule has 0 aliphatic heterocycles. The molecule has 1 aliphatic rings. The van der Waals surface area contributed by atoms with Gasteiger partial charge >= 0.3 is 5.97 Å². The highest BCUT2D eigenvalue weighted by Gasteiger charge is 2.27. The third kappa shape index (κ3) is 3.27. The Morgan fingerprint density at radius 2 is 2.10 bits per heavy atom. The zero-order valence-corrected chi connectivity index (χ0v) is 11.2. The highest BCUT2D eigenvalue weighted by Crippen LogP contribution is 2.30. The van der Waals surface area contributed by atoms with E-state index in [-0.39, 0.29) is 17.8 Å². The Kier molecular flexibility index (Phi) is 4.37. The van der Waals surface area contributed by atoms with Crippen molar-refractivity contribution in [3.8, 4) is 0 Å². The SMILES string of the molecule is NC1CCCCC1Nc1cc(F)c(C(=O)O)cc1[N+](=O)[O-]. The van der Waals surface area contributed by atoms with E-state index in [1.807, 2.05) is 0 Å². The summed E-state index contributed by atoms with van der Waals surface area (Å²) in [6.07, 6.45) is 3.46. The number of nitrogens with zero attached hydrogens (tertiary/aromatic N) is 1. The topological polar surface area (TPSA) is 118 Å². The second kappa shape index (κ2) is 6.04. The van der Waals surface area contributed by atoms with E-state index in [1.54, 1.807) is 0 Å². The van der Waals surface area contributed by atoms with Crippen LogP contribution in [-0.4, -0.2) is 28.1 Å². The molecule has 1 saturated carbocycles. The lowest BCUT2D eigenvalue weighted by Gasteiger charge is -2.30. The number of halogens is 1. The van der Waals surface area contributed by atoms with Crippen molar-refractivity contribution in [1.82, 2.24) is 0 Å². The molecular weight excluding hydrogens is 281 g/mol. The number of carboxylic acids is 1. The minimum Gasteiger partial charge on any atom is -0.478 e. The van der Waals surface area contributed by atoms with Crippen LogP contribution in [0.15, 0.2) is 12.1 Å². The molecular formula is C13H16FN3O4. The van der Waals surface area contributed by atoms with Gasteiger partial charge in [-0.3, -0.25) is 10.1 Å². The first kappa shape index (κ1) is 15.2. The Balaban J connectivity index is 2.35. The number of carboxylic acid groups (broad SMARTS) is 1. The molecule has 8 heteroatoms. The Hall–Kier alpha value is -2.22. The maximum Gasteiger partial charge on any atom is 0.338 e. The molecule has 0 heterocycles. The van der Waals surface area contributed by atoms with Gasteiger partial charge in [0.2, 0.25) is 0 Å². The van der Waals surface area contributed by atoms with Crippen molar-refractivity contribution < 1.29 is 19.2 Å². The normalized spacial score (nSPS) is 21.8. The van der Waals surface area contributed by atoms with Crippen LogP contribution in [0.1, 0.15) is 36.0 Å². The van der Waals surface area contributed by atoms with E-state index in [1.165, 1.54) is 0 Å². The van der Waals surface area contributed by atoms with Gasteiger partial charge in [0.05, 0.1) is 4.92 Å². The Labute approximate surface area is 120 Å². The zero-order valence-electron chi connectivity index (χ0n) is 11.2. The van der Waals surface area contributed by atoms with Gasteiger partial charge in [-0.05, 0) is 12.8 Å². The molecule has 0 aromatic heterocycles. The summed E-state index contributed by atoms with van der Waals surface area (Å²) in [6, 6.07) is 1.23. The monoisotopic (exact) mass is 297 g/mol. The second-order valence-electron chi connectivity index (χ2n) is 5.11. The van der Waals surface area contributed by atoms with Gasteiger partial charge in [0.25, 0.3) is 5.69 Å². The van der Waals surface area contributed by atoms with Crippen molar-refractivity contribution in [3.05, 3.63) is 33.6 Å². The van der Waals surface area contributed by atoms with Gasteiger partial charge in [-0.25, -0.2) is 9.18 Å². The van der Waals surface area contributed by atoms with Crippen LogP contribution in [0.25, 0.3) is 0 Å². The van der Waals surface area contributed by atoms with Crippen LogP contribution in [0.3, 0.4) is 0 Å². The molecule has 21 heavy (non-hydrogen) atoms. The zero-order chi connectivity index (χ0) is 15.6. The molecule has 1 aromatic carbocycles. The number of rotatable bonds is 4. The lowest BCUT2D eigenvalue weighted by atomic mass is 9.91. The minimum atomic E-state index is -1.54. The van der Waals surface area contributed by atoms with Gasteiger partial charge < -0.3 is 16.2 Å². The lowest BCUT2D eigenvalue weighted by Crippen LogP contribution is -2.42. The quantitative estimate of drug-likeness (QED) is 0.578. The van der Waals surface area contributed by atoms with Gasteiger partial charge in [0.1, 0.15) is 17.1 Å². The van der Waals surface area contributed by atoms with Crippen molar-refractivity contribution >= 4 is 17.3 Å². The molecule has 1 fully saturated rings. The first-order chi connectivity index (χ1) is 9.90. The first-order valence-corrected chi connectivity index (χ1v) is 6.63. The molecule has 0 radical (unpaired) electrons. The van der Waals surface area contributed by atoms with E-state index in [0.29, 0.717) is 0 Å². The largest absolute Gasteiger partial charge is 0.478 e. The van der Waals surface area contributed by atoms with E-state index in [9.17, 15) is 19.3 Å². The van der Waals surface area contributed by atoms with Crippen LogP contribution < -0.4 is 11.1 Å². The fourth-order valence-corrected chi connectivity index (χ4v) is 2.53. The summed E-state index contributed by atoms with van der Waals surface area (Å²) in [7, 11) is 0. The summed E-state index contributed by atoms with van der Waals surface area (Å²) in [5.74, 6) is -2.56. The summed E-state index contributed by atoms with van der Waals surface area (Å²) < 4.78 is 13.7. The lowest BCUT2D eigenvalue weighted by molar-refractivity contribution is -0.384. The molecule has 0 bridgehead atoms. The highest BCUT2D eigenvalue weighted by atomic mass is 19.1. The van der Waals surface area contributed by atoms with Crippen molar-refractivity contribution in [2.75, 3.05) is 5.32 Å². The summed E-state index contributed by atoms with van der Waals surface area (Å²) in [5, 5.41) is 22.8. The van der Waals surface area contributed by atoms with Crippen LogP contribution in [0.2, 0.25) is 0 Å². The molecule has 7 nitrogen and oxygen atoms in total. The van der Waals surface area contributed by atoms with Crippen molar-refractivity contribution in [1.29, 1.82) is 0 Å². The molecule has 1 aliphatic carbocycles. The summed E-state index contributed by atoms with van der Waals surface area (Å²) in [6.45, 7) is 0. The molecule has 2 atom stereocenters. The number of nitro benzene ring substituents is 1. The Bertz CT molecular complexity index is 579. The average molecular weight is 297 g/mol. The van der Waals surface area contributed by atoms with E-state index in [0.717, 1.165) is 37.8 Å². The van der Waals surface area contributed by atoms with E-state index < -0.39 is 28.0 Å². The highest BCUT2D eigenvalue weighted by molar-refractivity contribution is 5.90. The third-order valence-corrected chi connectivity index (χ3v) is 3.67. The number of anilines is 1. The fourth-order valence-electron chi connectivity index (χ4n) is 2.53. The first-order valence-electron chi connectivity index (χ1n) is 6.63. The van der Waals surface area contributed by atoms with E-state index >= 15 is 0 Å². The van der Waals surface area contributed by atoms with Gasteiger partial charge in [-0.15, -0.1) is 0 Å². The maximum absolute atomic E-state index is 13.7. The number of nitrogens with one attached hydrogen (secondary N) is 1. The standard InChI is InChI=1S/C13H16FN3O4/c14-8-6-11(16-10-4-2-1-3-9(10)15)12(17(20)21)5-7(8)13(18)19/h5-6,9-10,16H,1-4,15H2,(H,18,19). The number of aromatic carboxylic acids is 1. The number of nitro groups is 1. The molecule has 0 amide bonds. The molecule has 1 aromatic rings. The predicted octanol–water partition coefficient (Wildman–Crippen LogP) is 2.11. The van der Waals surface area contributed by atoms with Crippen molar-refractivity contribution in [2.45, 2.75) is 37.8 Å². The number of hydrogen-bond donors (Lipinski definition) is 3. The fraction of sp³-hybridized carbons (Fsp3) is 0.462. The van der Waals surface area contributed by atoms with Gasteiger partial charge in [0.15, 0.2) is 0 Å². The molecule has 0 spiro atoms. The van der Waals surface area contributed by atoms with Crippen LogP contribution in [0.5, 0.6) is 0 Å². The summed E-state index contributed by atoms with van der Waals surface area (Å²) >= 11 is 0. The van der Waals surface area contributed by atoms with E-state index in [2.05, 4.69) is 5.32 Å². The summed E-state index contributed by atoms with van der Waals surface area (Å²) in [5.41, 5.74) is 4.72. The summed E-state index contributed by atoms with van der Waals surface area (Å²) in [4.78, 5) is 21.2. The number of hydrogen-bond acceptors (Lipinski definition) is 5. The third-order valence-electron chi connectivity index (χ3n) is 3.67. The van der Waals surface area contributed by atoms with Gasteiger partial charge in [-0.2, -0.15) is 0 Å². The average Bonchev–Trinajstić information content (AvgIpc) is 2.40. The number of benzene rings is 1. The van der Waals surface area contributed by atoms with Gasteiger partial charge in [-0.1, -0.05) is 12.8 Å².